The summed E-state index contributed by atoms with van der Waals surface area (Å²) in [6.45, 7) is 1.49. The van der Waals surface area contributed by atoms with Crippen LogP contribution in [0.15, 0.2) is 47.6 Å². The Labute approximate surface area is 147 Å². The van der Waals surface area contributed by atoms with Crippen molar-refractivity contribution in [3.63, 3.8) is 0 Å². The highest BCUT2D eigenvalue weighted by Crippen LogP contribution is 2.29. The summed E-state index contributed by atoms with van der Waals surface area (Å²) in [6, 6.07) is 8.74. The number of carbonyl (C=O) groups is 1. The number of hydrogen-bond acceptors (Lipinski definition) is 5. The monoisotopic (exact) mass is 371 g/mol. The summed E-state index contributed by atoms with van der Waals surface area (Å²) in [5.41, 5.74) is -0.244. The summed E-state index contributed by atoms with van der Waals surface area (Å²) in [5, 5.41) is 10.3. The summed E-state index contributed by atoms with van der Waals surface area (Å²) < 4.78 is 42.7. The Kier molecular flexibility index (Phi) is 6.44. The zero-order valence-electron chi connectivity index (χ0n) is 13.3. The van der Waals surface area contributed by atoms with E-state index in [0.717, 1.165) is 24.0 Å². The van der Waals surface area contributed by atoms with E-state index in [9.17, 15) is 23.1 Å². The zero-order valence-corrected chi connectivity index (χ0v) is 14.1. The largest absolute Gasteiger partial charge is 0.491 e. The van der Waals surface area contributed by atoms with Crippen molar-refractivity contribution in [1.29, 1.82) is 0 Å². The Bertz CT molecular complexity index is 703. The van der Waals surface area contributed by atoms with Gasteiger partial charge in [-0.2, -0.15) is 13.2 Å². The van der Waals surface area contributed by atoms with E-state index in [1.807, 2.05) is 0 Å². The maximum Gasteiger partial charge on any atom is 0.417 e. The second-order valence-electron chi connectivity index (χ2n) is 5.24. The number of carbonyl (C=O) groups excluding carboxylic acids is 1. The summed E-state index contributed by atoms with van der Waals surface area (Å²) in [4.78, 5) is 14.9. The average Bonchev–Trinajstić information content (AvgIpc) is 2.58. The van der Waals surface area contributed by atoms with Crippen LogP contribution in [0.2, 0.25) is 0 Å². The molecule has 0 saturated carbocycles. The van der Waals surface area contributed by atoms with Gasteiger partial charge in [-0.05, 0) is 43.3 Å². The van der Waals surface area contributed by atoms with Gasteiger partial charge in [0.25, 0.3) is 0 Å². The number of alkyl halides is 3. The van der Waals surface area contributed by atoms with Crippen LogP contribution in [0.1, 0.15) is 22.8 Å². The number of hydrogen-bond donors (Lipinski definition) is 1. The summed E-state index contributed by atoms with van der Waals surface area (Å²) in [7, 11) is 0. The van der Waals surface area contributed by atoms with Crippen LogP contribution in [0.25, 0.3) is 0 Å². The molecule has 0 saturated heterocycles. The van der Waals surface area contributed by atoms with E-state index in [1.54, 1.807) is 24.3 Å². The number of aliphatic hydroxyl groups excluding tert-OH is 1. The number of ketones is 1. The Balaban J connectivity index is 1.78. The third-order valence-corrected chi connectivity index (χ3v) is 4.28. The summed E-state index contributed by atoms with van der Waals surface area (Å²) in [6.07, 6.45) is -4.47. The molecule has 1 aromatic heterocycles. The topological polar surface area (TPSA) is 59.4 Å². The van der Waals surface area contributed by atoms with Crippen molar-refractivity contribution >= 4 is 17.5 Å². The number of Topliss-reactive ketones (excluding diaryl/α,β-unsaturated/α-hetero) is 1. The number of aromatic nitrogens is 1. The molecule has 1 atom stereocenters. The Morgan fingerprint density at radius 2 is 1.92 bits per heavy atom. The number of rotatable bonds is 7. The number of aliphatic hydroxyl groups is 1. The molecule has 0 aliphatic rings. The van der Waals surface area contributed by atoms with Crippen LogP contribution in [0, 0.1) is 0 Å². The van der Waals surface area contributed by atoms with E-state index in [4.69, 9.17) is 4.74 Å². The molecule has 1 unspecified atom stereocenters. The lowest BCUT2D eigenvalue weighted by Gasteiger charge is -2.12. The Hall–Kier alpha value is -2.06. The highest BCUT2D eigenvalue weighted by molar-refractivity contribution is 7.99. The van der Waals surface area contributed by atoms with Crippen molar-refractivity contribution in [2.75, 3.05) is 12.4 Å². The van der Waals surface area contributed by atoms with Crippen LogP contribution in [0.4, 0.5) is 13.2 Å². The number of ether oxygens (including phenoxy) is 1. The van der Waals surface area contributed by atoms with Gasteiger partial charge < -0.3 is 9.84 Å². The van der Waals surface area contributed by atoms with Crippen LogP contribution in [0.3, 0.4) is 0 Å². The van der Waals surface area contributed by atoms with Crippen molar-refractivity contribution in [2.24, 2.45) is 0 Å². The zero-order chi connectivity index (χ0) is 18.4. The first-order valence-electron chi connectivity index (χ1n) is 7.33. The molecule has 1 heterocycles. The molecule has 0 aliphatic carbocycles. The van der Waals surface area contributed by atoms with Gasteiger partial charge in [0.1, 0.15) is 12.4 Å². The van der Waals surface area contributed by atoms with Crippen molar-refractivity contribution in [2.45, 2.75) is 24.2 Å². The Morgan fingerprint density at radius 1 is 1.24 bits per heavy atom. The van der Waals surface area contributed by atoms with Gasteiger partial charge in [-0.3, -0.25) is 4.79 Å². The lowest BCUT2D eigenvalue weighted by Crippen LogP contribution is -2.20. The third kappa shape index (κ3) is 6.06. The van der Waals surface area contributed by atoms with Gasteiger partial charge >= 0.3 is 6.18 Å². The van der Waals surface area contributed by atoms with Crippen molar-refractivity contribution in [3.8, 4) is 5.75 Å². The van der Waals surface area contributed by atoms with E-state index in [-0.39, 0.29) is 18.1 Å². The van der Waals surface area contributed by atoms with E-state index in [1.165, 1.54) is 13.0 Å². The van der Waals surface area contributed by atoms with Gasteiger partial charge in [-0.1, -0.05) is 0 Å². The van der Waals surface area contributed by atoms with Crippen LogP contribution in [-0.2, 0) is 6.18 Å². The minimum absolute atomic E-state index is 0.0209. The highest BCUT2D eigenvalue weighted by atomic mass is 32.2. The molecule has 0 bridgehead atoms. The molecule has 1 aromatic carbocycles. The van der Waals surface area contributed by atoms with Gasteiger partial charge in [0, 0.05) is 17.5 Å². The second kappa shape index (κ2) is 8.35. The molecule has 0 spiro atoms. The molecular formula is C17H16F3NO3S. The molecule has 0 radical (unpaired) electrons. The van der Waals surface area contributed by atoms with E-state index in [0.29, 0.717) is 16.3 Å². The first kappa shape index (κ1) is 19.3. The normalized spacial score (nSPS) is 12.7. The highest BCUT2D eigenvalue weighted by Gasteiger charge is 2.30. The number of halogens is 3. The molecule has 4 nitrogen and oxygen atoms in total. The van der Waals surface area contributed by atoms with Crippen molar-refractivity contribution < 1.29 is 27.8 Å². The minimum atomic E-state index is -4.42. The standard InChI is InChI=1S/C17H16F3NO3S/c1-11(22)12-2-5-15(6-3-12)24-9-14(23)10-25-16-7-4-13(8-21-16)17(18,19)20/h2-8,14,23H,9-10H2,1H3. The van der Waals surface area contributed by atoms with E-state index < -0.39 is 17.8 Å². The van der Waals surface area contributed by atoms with Crippen LogP contribution < -0.4 is 4.74 Å². The molecule has 2 rings (SSSR count). The third-order valence-electron chi connectivity index (χ3n) is 3.19. The molecule has 0 amide bonds. The molecule has 0 aliphatic heterocycles. The van der Waals surface area contributed by atoms with Gasteiger partial charge in [0.15, 0.2) is 5.78 Å². The van der Waals surface area contributed by atoms with Gasteiger partial charge in [0.05, 0.1) is 16.7 Å². The first-order valence-corrected chi connectivity index (χ1v) is 8.32. The van der Waals surface area contributed by atoms with Gasteiger partial charge in [-0.15, -0.1) is 11.8 Å². The SMILES string of the molecule is CC(=O)c1ccc(OCC(O)CSc2ccc(C(F)(F)F)cn2)cc1. The van der Waals surface area contributed by atoms with Crippen molar-refractivity contribution in [1.82, 2.24) is 4.98 Å². The lowest BCUT2D eigenvalue weighted by molar-refractivity contribution is -0.137. The quantitative estimate of drug-likeness (QED) is 0.592. The number of nitrogens with zero attached hydrogens (tertiary/aromatic N) is 1. The van der Waals surface area contributed by atoms with Crippen LogP contribution >= 0.6 is 11.8 Å². The molecule has 1 N–H and O–H groups in total. The van der Waals surface area contributed by atoms with Crippen LogP contribution in [0.5, 0.6) is 5.75 Å². The Morgan fingerprint density at radius 3 is 2.44 bits per heavy atom. The molecule has 0 fully saturated rings. The van der Waals surface area contributed by atoms with Gasteiger partial charge in [-0.25, -0.2) is 4.98 Å². The van der Waals surface area contributed by atoms with Crippen LogP contribution in [-0.4, -0.2) is 34.3 Å². The van der Waals surface area contributed by atoms with Crippen molar-refractivity contribution in [3.05, 3.63) is 53.7 Å². The first-order chi connectivity index (χ1) is 11.8. The smallest absolute Gasteiger partial charge is 0.417 e. The fraction of sp³-hybridized carbons (Fsp3) is 0.294. The predicted molar refractivity (Wildman–Crippen MR) is 87.9 cm³/mol. The molecule has 134 valence electrons. The number of benzene rings is 1. The fourth-order valence-corrected chi connectivity index (χ4v) is 2.59. The van der Waals surface area contributed by atoms with Gasteiger partial charge in [0.2, 0.25) is 0 Å². The van der Waals surface area contributed by atoms with E-state index >= 15 is 0 Å². The van der Waals surface area contributed by atoms with E-state index in [2.05, 4.69) is 4.98 Å². The fourth-order valence-electron chi connectivity index (χ4n) is 1.84. The molecular weight excluding hydrogens is 355 g/mol. The predicted octanol–water partition coefficient (Wildman–Crippen LogP) is 3.84. The number of thioether (sulfide) groups is 1. The molecule has 25 heavy (non-hydrogen) atoms. The summed E-state index contributed by atoms with van der Waals surface area (Å²) >= 11 is 1.14. The average molecular weight is 371 g/mol. The maximum absolute atomic E-state index is 12.4. The minimum Gasteiger partial charge on any atom is -0.491 e. The lowest BCUT2D eigenvalue weighted by atomic mass is 10.1. The number of pyridine rings is 1. The second-order valence-corrected chi connectivity index (χ2v) is 6.28. The molecule has 8 heteroatoms. The summed E-state index contributed by atoms with van der Waals surface area (Å²) in [5.74, 6) is 0.693. The maximum atomic E-state index is 12.4. The molecule has 2 aromatic rings.